The summed E-state index contributed by atoms with van der Waals surface area (Å²) in [4.78, 5) is 0. The van der Waals surface area contributed by atoms with Crippen molar-refractivity contribution in [2.24, 2.45) is 0 Å². The van der Waals surface area contributed by atoms with Crippen molar-refractivity contribution in [3.8, 4) is 0 Å². The molecule has 1 aliphatic heterocycles. The third-order valence-corrected chi connectivity index (χ3v) is 2.46. The van der Waals surface area contributed by atoms with Crippen LogP contribution in [0.5, 0.6) is 0 Å². The van der Waals surface area contributed by atoms with Gasteiger partial charge in [-0.3, -0.25) is 0 Å². The van der Waals surface area contributed by atoms with E-state index in [1.54, 1.807) is 0 Å². The van der Waals surface area contributed by atoms with Crippen molar-refractivity contribution in [3.05, 3.63) is 12.2 Å². The molecule has 2 aliphatic rings. The van der Waals surface area contributed by atoms with Crippen LogP contribution in [0.3, 0.4) is 0 Å². The summed E-state index contributed by atoms with van der Waals surface area (Å²) in [7, 11) is 0. The molecule has 0 unspecified atom stereocenters. The number of hydrogen-bond acceptors (Lipinski definition) is 2. The molecule has 0 bridgehead atoms. The van der Waals surface area contributed by atoms with Gasteiger partial charge in [0.05, 0.1) is 12.7 Å². The van der Waals surface area contributed by atoms with Crippen molar-refractivity contribution >= 4 is 0 Å². The molecule has 0 aromatic carbocycles. The minimum atomic E-state index is -0.278. The molecule has 0 radical (unpaired) electrons. The van der Waals surface area contributed by atoms with E-state index in [4.69, 9.17) is 4.74 Å². The van der Waals surface area contributed by atoms with E-state index >= 15 is 0 Å². The second-order valence-electron chi connectivity index (χ2n) is 3.08. The average molecular weight is 140 g/mol. The molecule has 2 rings (SSSR count). The summed E-state index contributed by atoms with van der Waals surface area (Å²) in [6.07, 6.45) is 6.73. The van der Waals surface area contributed by atoms with E-state index in [1.165, 1.54) is 0 Å². The largest absolute Gasteiger partial charge is 0.390 e. The molecular weight excluding hydrogens is 128 g/mol. The lowest BCUT2D eigenvalue weighted by molar-refractivity contribution is -0.0505. The Kier molecular flexibility index (Phi) is 1.32. The topological polar surface area (TPSA) is 29.5 Å². The first-order chi connectivity index (χ1) is 4.83. The molecule has 0 saturated heterocycles. The fourth-order valence-electron chi connectivity index (χ4n) is 1.84. The van der Waals surface area contributed by atoms with Gasteiger partial charge in [0.25, 0.3) is 0 Å². The van der Waals surface area contributed by atoms with Crippen LogP contribution >= 0.6 is 0 Å². The zero-order valence-electron chi connectivity index (χ0n) is 5.92. The average Bonchev–Trinajstić information content (AvgIpc) is 2.48. The molecule has 1 saturated carbocycles. The first kappa shape index (κ1) is 6.38. The van der Waals surface area contributed by atoms with Gasteiger partial charge in [-0.25, -0.2) is 0 Å². The normalized spacial score (nSPS) is 45.5. The van der Waals surface area contributed by atoms with Crippen LogP contribution in [0.15, 0.2) is 12.2 Å². The highest BCUT2D eigenvalue weighted by Crippen LogP contribution is 2.37. The van der Waals surface area contributed by atoms with Crippen LogP contribution in [0.1, 0.15) is 19.3 Å². The predicted octanol–water partition coefficient (Wildman–Crippen LogP) is 0.856. The number of aliphatic hydroxyl groups is 1. The first-order valence-corrected chi connectivity index (χ1v) is 3.83. The van der Waals surface area contributed by atoms with E-state index in [0.29, 0.717) is 6.61 Å². The molecule has 1 spiro atoms. The van der Waals surface area contributed by atoms with Crippen molar-refractivity contribution in [3.63, 3.8) is 0 Å². The van der Waals surface area contributed by atoms with Crippen molar-refractivity contribution in [2.75, 3.05) is 6.61 Å². The highest BCUT2D eigenvalue weighted by atomic mass is 16.5. The lowest BCUT2D eigenvalue weighted by atomic mass is 10.0. The second kappa shape index (κ2) is 2.07. The van der Waals surface area contributed by atoms with Crippen LogP contribution in [0, 0.1) is 0 Å². The van der Waals surface area contributed by atoms with Crippen LogP contribution in [-0.4, -0.2) is 23.4 Å². The number of rotatable bonds is 0. The molecule has 1 aliphatic carbocycles. The van der Waals surface area contributed by atoms with Gasteiger partial charge in [-0.2, -0.15) is 0 Å². The summed E-state index contributed by atoms with van der Waals surface area (Å²) >= 11 is 0. The third kappa shape index (κ3) is 0.724. The molecule has 2 atom stereocenters. The van der Waals surface area contributed by atoms with Crippen LogP contribution in [0.4, 0.5) is 0 Å². The molecule has 2 heteroatoms. The molecule has 2 nitrogen and oxygen atoms in total. The van der Waals surface area contributed by atoms with Crippen molar-refractivity contribution in [1.82, 2.24) is 0 Å². The van der Waals surface area contributed by atoms with E-state index in [-0.39, 0.29) is 11.7 Å². The van der Waals surface area contributed by atoms with Gasteiger partial charge >= 0.3 is 0 Å². The first-order valence-electron chi connectivity index (χ1n) is 3.83. The summed E-state index contributed by atoms with van der Waals surface area (Å²) in [6.45, 7) is 0.678. The number of aliphatic hydroxyl groups excluding tert-OH is 1. The molecule has 1 heterocycles. The molecular formula is C8H12O2. The minimum Gasteiger partial charge on any atom is -0.390 e. The lowest BCUT2D eigenvalue weighted by Gasteiger charge is -2.24. The Morgan fingerprint density at radius 1 is 1.60 bits per heavy atom. The van der Waals surface area contributed by atoms with E-state index in [2.05, 4.69) is 0 Å². The molecule has 0 amide bonds. The number of ether oxygens (including phenoxy) is 1. The van der Waals surface area contributed by atoms with E-state index in [9.17, 15) is 5.11 Å². The molecule has 56 valence electrons. The van der Waals surface area contributed by atoms with Crippen molar-refractivity contribution in [1.29, 1.82) is 0 Å². The smallest absolute Gasteiger partial charge is 0.112 e. The van der Waals surface area contributed by atoms with Crippen LogP contribution in [-0.2, 0) is 4.74 Å². The van der Waals surface area contributed by atoms with Crippen molar-refractivity contribution < 1.29 is 9.84 Å². The fraction of sp³-hybridized carbons (Fsp3) is 0.750. The SMILES string of the molecule is O[C@H]1CCC[C@]12C=CCO2. The van der Waals surface area contributed by atoms with Crippen LogP contribution in [0.2, 0.25) is 0 Å². The Morgan fingerprint density at radius 2 is 2.50 bits per heavy atom. The molecule has 1 N–H and O–H groups in total. The second-order valence-corrected chi connectivity index (χ2v) is 3.08. The van der Waals surface area contributed by atoms with Gasteiger partial charge in [-0.1, -0.05) is 12.2 Å². The van der Waals surface area contributed by atoms with Gasteiger partial charge in [0.1, 0.15) is 5.60 Å². The van der Waals surface area contributed by atoms with Gasteiger partial charge in [0, 0.05) is 0 Å². The van der Waals surface area contributed by atoms with E-state index in [1.807, 2.05) is 12.2 Å². The highest BCUT2D eigenvalue weighted by molar-refractivity contribution is 5.13. The van der Waals surface area contributed by atoms with Gasteiger partial charge in [-0.15, -0.1) is 0 Å². The zero-order chi connectivity index (χ0) is 7.03. The minimum absolute atomic E-state index is 0.258. The van der Waals surface area contributed by atoms with E-state index in [0.717, 1.165) is 19.3 Å². The zero-order valence-corrected chi connectivity index (χ0v) is 5.92. The quantitative estimate of drug-likeness (QED) is 0.505. The molecule has 0 aromatic heterocycles. The van der Waals surface area contributed by atoms with Crippen LogP contribution < -0.4 is 0 Å². The molecule has 0 aromatic rings. The van der Waals surface area contributed by atoms with Gasteiger partial charge < -0.3 is 9.84 Å². The van der Waals surface area contributed by atoms with E-state index < -0.39 is 0 Å². The highest BCUT2D eigenvalue weighted by Gasteiger charge is 2.42. The van der Waals surface area contributed by atoms with Gasteiger partial charge in [-0.05, 0) is 19.3 Å². The standard InChI is InChI=1S/C8H12O2/c9-7-3-1-4-8(7)5-2-6-10-8/h2,5,7,9H,1,3-4,6H2/t7-,8-/m0/s1. The van der Waals surface area contributed by atoms with Crippen molar-refractivity contribution in [2.45, 2.75) is 31.0 Å². The Hall–Kier alpha value is -0.340. The van der Waals surface area contributed by atoms with Gasteiger partial charge in [0.15, 0.2) is 0 Å². The maximum atomic E-state index is 9.50. The summed E-state index contributed by atoms with van der Waals surface area (Å²) in [6, 6.07) is 0. The van der Waals surface area contributed by atoms with Crippen LogP contribution in [0.25, 0.3) is 0 Å². The number of hydrogen-bond donors (Lipinski definition) is 1. The summed E-state index contributed by atoms with van der Waals surface area (Å²) in [5.74, 6) is 0. The van der Waals surface area contributed by atoms with Gasteiger partial charge in [0.2, 0.25) is 0 Å². The Labute approximate surface area is 60.5 Å². The summed E-state index contributed by atoms with van der Waals surface area (Å²) in [5.41, 5.74) is -0.278. The summed E-state index contributed by atoms with van der Waals surface area (Å²) in [5, 5.41) is 9.50. The lowest BCUT2D eigenvalue weighted by Crippen LogP contribution is -2.35. The molecule has 10 heavy (non-hydrogen) atoms. The Balaban J connectivity index is 2.20. The third-order valence-electron chi connectivity index (χ3n) is 2.46. The maximum Gasteiger partial charge on any atom is 0.112 e. The predicted molar refractivity (Wildman–Crippen MR) is 37.7 cm³/mol. The summed E-state index contributed by atoms with van der Waals surface area (Å²) < 4.78 is 5.45. The monoisotopic (exact) mass is 140 g/mol. The Bertz CT molecular complexity index is 165. The maximum absolute atomic E-state index is 9.50. The Morgan fingerprint density at radius 3 is 3.00 bits per heavy atom. The molecule has 1 fully saturated rings. The fourth-order valence-corrected chi connectivity index (χ4v) is 1.84.